The maximum absolute atomic E-state index is 11.4. The lowest BCUT2D eigenvalue weighted by molar-refractivity contribution is 0.439. The SMILES string of the molecule is CCCCCCCc1ccc(=O)oc1CCCCCCC. The summed E-state index contributed by atoms with van der Waals surface area (Å²) in [6, 6.07) is 3.55. The molecule has 0 saturated carbocycles. The summed E-state index contributed by atoms with van der Waals surface area (Å²) in [5.74, 6) is 0.939. The highest BCUT2D eigenvalue weighted by atomic mass is 16.4. The van der Waals surface area contributed by atoms with Crippen molar-refractivity contribution in [1.29, 1.82) is 0 Å². The first-order chi connectivity index (χ1) is 10.3. The Bertz CT molecular complexity index is 420. The Morgan fingerprint density at radius 1 is 0.762 bits per heavy atom. The first-order valence-corrected chi connectivity index (χ1v) is 8.89. The van der Waals surface area contributed by atoms with Crippen LogP contribution in [0.25, 0.3) is 0 Å². The van der Waals surface area contributed by atoms with Crippen molar-refractivity contribution in [3.8, 4) is 0 Å². The zero-order chi connectivity index (χ0) is 15.3. The monoisotopic (exact) mass is 292 g/mol. The molecule has 0 saturated heterocycles. The topological polar surface area (TPSA) is 30.2 Å². The molecule has 0 aromatic carbocycles. The third-order valence-corrected chi connectivity index (χ3v) is 4.06. The van der Waals surface area contributed by atoms with Crippen LogP contribution in [-0.4, -0.2) is 0 Å². The van der Waals surface area contributed by atoms with E-state index in [0.29, 0.717) is 0 Å². The van der Waals surface area contributed by atoms with Gasteiger partial charge in [-0.2, -0.15) is 0 Å². The molecular weight excluding hydrogens is 260 g/mol. The zero-order valence-corrected chi connectivity index (χ0v) is 14.0. The molecule has 0 bridgehead atoms. The first kappa shape index (κ1) is 18.0. The van der Waals surface area contributed by atoms with Gasteiger partial charge in [0.25, 0.3) is 0 Å². The molecule has 0 N–H and O–H groups in total. The Morgan fingerprint density at radius 3 is 1.95 bits per heavy atom. The average molecular weight is 292 g/mol. The summed E-state index contributed by atoms with van der Waals surface area (Å²) >= 11 is 0. The molecule has 0 amide bonds. The van der Waals surface area contributed by atoms with Gasteiger partial charge in [0.2, 0.25) is 0 Å². The highest BCUT2D eigenvalue weighted by Crippen LogP contribution is 2.15. The largest absolute Gasteiger partial charge is 0.428 e. The van der Waals surface area contributed by atoms with Gasteiger partial charge in [-0.05, 0) is 30.9 Å². The molecule has 1 heterocycles. The molecule has 21 heavy (non-hydrogen) atoms. The smallest absolute Gasteiger partial charge is 0.335 e. The Morgan fingerprint density at radius 2 is 1.33 bits per heavy atom. The van der Waals surface area contributed by atoms with Crippen molar-refractivity contribution in [1.82, 2.24) is 0 Å². The van der Waals surface area contributed by atoms with Crippen LogP contribution in [0.1, 0.15) is 89.4 Å². The summed E-state index contributed by atoms with van der Waals surface area (Å²) < 4.78 is 5.44. The molecule has 0 aliphatic carbocycles. The van der Waals surface area contributed by atoms with Crippen molar-refractivity contribution in [2.75, 3.05) is 0 Å². The molecule has 1 aromatic rings. The number of hydrogen-bond acceptors (Lipinski definition) is 2. The molecule has 0 unspecified atom stereocenters. The standard InChI is InChI=1S/C19H32O2/c1-3-5-7-9-11-13-17-15-16-19(20)21-18(17)14-12-10-8-6-4-2/h15-16H,3-14H2,1-2H3. The summed E-state index contributed by atoms with van der Waals surface area (Å²) in [5, 5.41) is 0. The minimum Gasteiger partial charge on any atom is -0.428 e. The number of aryl methyl sites for hydroxylation is 2. The van der Waals surface area contributed by atoms with E-state index in [0.717, 1.165) is 25.0 Å². The van der Waals surface area contributed by atoms with Crippen LogP contribution in [0.3, 0.4) is 0 Å². The fourth-order valence-corrected chi connectivity index (χ4v) is 2.73. The molecule has 0 radical (unpaired) electrons. The summed E-state index contributed by atoms with van der Waals surface area (Å²) in [7, 11) is 0. The van der Waals surface area contributed by atoms with Crippen molar-refractivity contribution in [3.05, 3.63) is 33.9 Å². The van der Waals surface area contributed by atoms with Gasteiger partial charge in [0.1, 0.15) is 5.76 Å². The van der Waals surface area contributed by atoms with E-state index in [9.17, 15) is 4.79 Å². The normalized spacial score (nSPS) is 11.0. The summed E-state index contributed by atoms with van der Waals surface area (Å²) in [5.41, 5.74) is 1.05. The molecule has 0 atom stereocenters. The maximum Gasteiger partial charge on any atom is 0.335 e. The Balaban J connectivity index is 2.41. The molecule has 0 spiro atoms. The molecule has 1 rings (SSSR count). The lowest BCUT2D eigenvalue weighted by atomic mass is 10.0. The maximum atomic E-state index is 11.4. The predicted octanol–water partition coefficient (Wildman–Crippen LogP) is 5.67. The first-order valence-electron chi connectivity index (χ1n) is 8.89. The van der Waals surface area contributed by atoms with Crippen LogP contribution in [0, 0.1) is 0 Å². The Labute approximate surface area is 130 Å². The third-order valence-electron chi connectivity index (χ3n) is 4.06. The van der Waals surface area contributed by atoms with Gasteiger partial charge in [-0.3, -0.25) is 0 Å². The lowest BCUT2D eigenvalue weighted by Crippen LogP contribution is -2.04. The van der Waals surface area contributed by atoms with Gasteiger partial charge in [0, 0.05) is 12.5 Å². The van der Waals surface area contributed by atoms with E-state index < -0.39 is 0 Å². The second-order valence-electron chi connectivity index (χ2n) is 6.03. The van der Waals surface area contributed by atoms with Gasteiger partial charge in [0.05, 0.1) is 0 Å². The van der Waals surface area contributed by atoms with E-state index in [1.807, 2.05) is 6.07 Å². The van der Waals surface area contributed by atoms with Crippen molar-refractivity contribution in [2.24, 2.45) is 0 Å². The molecule has 0 aliphatic heterocycles. The van der Waals surface area contributed by atoms with Gasteiger partial charge in [0.15, 0.2) is 0 Å². The van der Waals surface area contributed by atoms with E-state index in [2.05, 4.69) is 13.8 Å². The summed E-state index contributed by atoms with van der Waals surface area (Å²) in [4.78, 5) is 11.4. The summed E-state index contributed by atoms with van der Waals surface area (Å²) in [6.07, 6.45) is 14.6. The summed E-state index contributed by atoms with van der Waals surface area (Å²) in [6.45, 7) is 4.47. The molecule has 2 heteroatoms. The van der Waals surface area contributed by atoms with E-state index in [4.69, 9.17) is 4.42 Å². The fraction of sp³-hybridized carbons (Fsp3) is 0.737. The Hall–Kier alpha value is -1.05. The molecule has 120 valence electrons. The lowest BCUT2D eigenvalue weighted by Gasteiger charge is -2.07. The molecular formula is C19H32O2. The van der Waals surface area contributed by atoms with Gasteiger partial charge in [-0.1, -0.05) is 65.2 Å². The van der Waals surface area contributed by atoms with Crippen LogP contribution in [0.2, 0.25) is 0 Å². The fourth-order valence-electron chi connectivity index (χ4n) is 2.73. The second kappa shape index (κ2) is 11.6. The minimum absolute atomic E-state index is 0.201. The van der Waals surface area contributed by atoms with Crippen molar-refractivity contribution < 1.29 is 4.42 Å². The Kier molecular flexibility index (Phi) is 9.94. The van der Waals surface area contributed by atoms with Crippen molar-refractivity contribution >= 4 is 0 Å². The minimum atomic E-state index is -0.201. The highest BCUT2D eigenvalue weighted by molar-refractivity contribution is 5.17. The van der Waals surface area contributed by atoms with Gasteiger partial charge in [-0.15, -0.1) is 0 Å². The molecule has 0 aliphatic rings. The van der Waals surface area contributed by atoms with E-state index >= 15 is 0 Å². The molecule has 2 nitrogen and oxygen atoms in total. The third kappa shape index (κ3) is 8.08. The van der Waals surface area contributed by atoms with Gasteiger partial charge >= 0.3 is 5.63 Å². The number of rotatable bonds is 12. The van der Waals surface area contributed by atoms with Gasteiger partial charge < -0.3 is 4.42 Å². The number of hydrogen-bond donors (Lipinski definition) is 0. The van der Waals surface area contributed by atoms with Crippen LogP contribution in [0.15, 0.2) is 21.3 Å². The zero-order valence-electron chi connectivity index (χ0n) is 14.0. The van der Waals surface area contributed by atoms with Crippen LogP contribution in [0.4, 0.5) is 0 Å². The molecule has 0 fully saturated rings. The van der Waals surface area contributed by atoms with Crippen LogP contribution < -0.4 is 5.63 Å². The molecule has 1 aromatic heterocycles. The van der Waals surface area contributed by atoms with Crippen LogP contribution in [0.5, 0.6) is 0 Å². The average Bonchev–Trinajstić information content (AvgIpc) is 2.48. The predicted molar refractivity (Wildman–Crippen MR) is 89.9 cm³/mol. The van der Waals surface area contributed by atoms with E-state index in [-0.39, 0.29) is 5.63 Å². The van der Waals surface area contributed by atoms with Crippen molar-refractivity contribution in [2.45, 2.75) is 90.9 Å². The van der Waals surface area contributed by atoms with Crippen LogP contribution >= 0.6 is 0 Å². The second-order valence-corrected chi connectivity index (χ2v) is 6.03. The van der Waals surface area contributed by atoms with E-state index in [1.165, 1.54) is 63.4 Å². The van der Waals surface area contributed by atoms with Crippen molar-refractivity contribution in [3.63, 3.8) is 0 Å². The number of unbranched alkanes of at least 4 members (excludes halogenated alkanes) is 8. The highest BCUT2D eigenvalue weighted by Gasteiger charge is 2.06. The van der Waals surface area contributed by atoms with Crippen LogP contribution in [-0.2, 0) is 12.8 Å². The van der Waals surface area contributed by atoms with E-state index in [1.54, 1.807) is 6.07 Å². The quantitative estimate of drug-likeness (QED) is 0.465. The van der Waals surface area contributed by atoms with Gasteiger partial charge in [-0.25, -0.2) is 4.79 Å².